The minimum Gasteiger partial charge on any atom is -0.387 e. The number of rotatable bonds is 7. The third-order valence-corrected chi connectivity index (χ3v) is 3.65. The number of primary amides is 1. The summed E-state index contributed by atoms with van der Waals surface area (Å²) < 4.78 is 13.2. The molecule has 4 nitrogen and oxygen atoms in total. The van der Waals surface area contributed by atoms with Gasteiger partial charge in [0.25, 0.3) is 0 Å². The van der Waals surface area contributed by atoms with Crippen molar-refractivity contribution < 1.29 is 14.3 Å². The number of amides is 1. The summed E-state index contributed by atoms with van der Waals surface area (Å²) in [6.07, 6.45) is -0.821. The molecule has 0 bridgehead atoms. The van der Waals surface area contributed by atoms with Crippen LogP contribution in [-0.4, -0.2) is 29.0 Å². The first-order chi connectivity index (χ1) is 11.0. The van der Waals surface area contributed by atoms with Gasteiger partial charge in [-0.05, 0) is 35.7 Å². The van der Waals surface area contributed by atoms with Crippen LogP contribution < -0.4 is 5.73 Å². The van der Waals surface area contributed by atoms with E-state index in [0.717, 1.165) is 5.56 Å². The Morgan fingerprint density at radius 3 is 2.57 bits per heavy atom. The topological polar surface area (TPSA) is 66.6 Å². The number of carbonyl (C=O) groups excluding carboxylic acids is 1. The lowest BCUT2D eigenvalue weighted by molar-refractivity contribution is -0.119. The minimum atomic E-state index is -0.821. The molecule has 0 aromatic heterocycles. The summed E-state index contributed by atoms with van der Waals surface area (Å²) in [6, 6.07) is 13.9. The number of hydrogen-bond donors (Lipinski definition) is 2. The second kappa shape index (κ2) is 7.85. The second-order valence-corrected chi connectivity index (χ2v) is 5.64. The van der Waals surface area contributed by atoms with E-state index in [1.54, 1.807) is 17.9 Å². The Morgan fingerprint density at radius 1 is 1.26 bits per heavy atom. The lowest BCUT2D eigenvalue weighted by Crippen LogP contribution is -2.36. The number of benzene rings is 2. The van der Waals surface area contributed by atoms with Crippen LogP contribution in [0.5, 0.6) is 0 Å². The van der Waals surface area contributed by atoms with Gasteiger partial charge in [-0.25, -0.2) is 4.39 Å². The third-order valence-electron chi connectivity index (χ3n) is 3.65. The molecule has 0 heterocycles. The van der Waals surface area contributed by atoms with Gasteiger partial charge in [-0.15, -0.1) is 0 Å². The van der Waals surface area contributed by atoms with Gasteiger partial charge in [-0.1, -0.05) is 36.4 Å². The van der Waals surface area contributed by atoms with E-state index in [0.29, 0.717) is 17.7 Å². The first-order valence-corrected chi connectivity index (χ1v) is 7.44. The van der Waals surface area contributed by atoms with Crippen molar-refractivity contribution >= 4 is 5.91 Å². The summed E-state index contributed by atoms with van der Waals surface area (Å²) >= 11 is 0. The fourth-order valence-corrected chi connectivity index (χ4v) is 2.60. The van der Waals surface area contributed by atoms with E-state index >= 15 is 0 Å². The van der Waals surface area contributed by atoms with Crippen LogP contribution in [0.15, 0.2) is 48.5 Å². The first-order valence-electron chi connectivity index (χ1n) is 7.44. The molecule has 0 radical (unpaired) electrons. The molecule has 1 atom stereocenters. The molecule has 1 unspecified atom stereocenters. The van der Waals surface area contributed by atoms with Crippen LogP contribution in [0.25, 0.3) is 0 Å². The zero-order chi connectivity index (χ0) is 16.8. The number of halogens is 1. The zero-order valence-corrected chi connectivity index (χ0v) is 13.1. The zero-order valence-electron chi connectivity index (χ0n) is 13.1. The van der Waals surface area contributed by atoms with E-state index in [9.17, 15) is 14.3 Å². The molecule has 0 spiro atoms. The SMILES string of the molecule is Cc1cc(F)ccc1C(O)CN(CC(N)=O)Cc1ccccc1. The fourth-order valence-electron chi connectivity index (χ4n) is 2.60. The van der Waals surface area contributed by atoms with Crippen molar-refractivity contribution in [2.24, 2.45) is 5.73 Å². The lowest BCUT2D eigenvalue weighted by Gasteiger charge is -2.25. The molecule has 0 aliphatic carbocycles. The molecule has 0 saturated heterocycles. The van der Waals surface area contributed by atoms with E-state index in [2.05, 4.69) is 0 Å². The van der Waals surface area contributed by atoms with Gasteiger partial charge in [-0.2, -0.15) is 0 Å². The molecule has 2 aromatic rings. The molecular weight excluding hydrogens is 295 g/mol. The Labute approximate surface area is 135 Å². The quantitative estimate of drug-likeness (QED) is 0.822. The van der Waals surface area contributed by atoms with Gasteiger partial charge in [0.05, 0.1) is 12.6 Å². The predicted octanol–water partition coefficient (Wildman–Crippen LogP) is 2.16. The van der Waals surface area contributed by atoms with Crippen molar-refractivity contribution in [1.82, 2.24) is 4.90 Å². The van der Waals surface area contributed by atoms with Crippen molar-refractivity contribution in [3.05, 3.63) is 71.0 Å². The normalized spacial score (nSPS) is 12.3. The number of hydrogen-bond acceptors (Lipinski definition) is 3. The predicted molar refractivity (Wildman–Crippen MR) is 87.0 cm³/mol. The van der Waals surface area contributed by atoms with E-state index in [1.807, 2.05) is 30.3 Å². The summed E-state index contributed by atoms with van der Waals surface area (Å²) in [5.41, 5.74) is 7.65. The van der Waals surface area contributed by atoms with Crippen molar-refractivity contribution in [1.29, 1.82) is 0 Å². The van der Waals surface area contributed by atoms with Gasteiger partial charge < -0.3 is 10.8 Å². The number of nitrogens with zero attached hydrogens (tertiary/aromatic N) is 1. The highest BCUT2D eigenvalue weighted by Crippen LogP contribution is 2.20. The molecular formula is C18H21FN2O2. The Kier molecular flexibility index (Phi) is 5.84. The maximum Gasteiger partial charge on any atom is 0.231 e. The average Bonchev–Trinajstić information content (AvgIpc) is 2.47. The van der Waals surface area contributed by atoms with E-state index in [4.69, 9.17) is 5.73 Å². The number of aliphatic hydroxyl groups is 1. The van der Waals surface area contributed by atoms with Gasteiger partial charge >= 0.3 is 0 Å². The van der Waals surface area contributed by atoms with Crippen molar-refractivity contribution in [3.8, 4) is 0 Å². The number of nitrogens with two attached hydrogens (primary N) is 1. The summed E-state index contributed by atoms with van der Waals surface area (Å²) in [4.78, 5) is 13.1. The highest BCUT2D eigenvalue weighted by atomic mass is 19.1. The smallest absolute Gasteiger partial charge is 0.231 e. The monoisotopic (exact) mass is 316 g/mol. The highest BCUT2D eigenvalue weighted by Gasteiger charge is 2.17. The van der Waals surface area contributed by atoms with Crippen LogP contribution in [0.4, 0.5) is 4.39 Å². The lowest BCUT2D eigenvalue weighted by atomic mass is 10.0. The molecule has 122 valence electrons. The summed E-state index contributed by atoms with van der Waals surface area (Å²) in [6.45, 7) is 2.54. The molecule has 0 aliphatic rings. The Morgan fingerprint density at radius 2 is 1.96 bits per heavy atom. The molecule has 23 heavy (non-hydrogen) atoms. The largest absolute Gasteiger partial charge is 0.387 e. The molecule has 3 N–H and O–H groups in total. The van der Waals surface area contributed by atoms with Crippen LogP contribution in [0, 0.1) is 12.7 Å². The van der Waals surface area contributed by atoms with Gasteiger partial charge in [0.2, 0.25) is 5.91 Å². The maximum atomic E-state index is 13.2. The van der Waals surface area contributed by atoms with Gasteiger partial charge in [0.15, 0.2) is 0 Å². The van der Waals surface area contributed by atoms with Gasteiger partial charge in [0, 0.05) is 13.1 Å². The Balaban J connectivity index is 2.11. The fraction of sp³-hybridized carbons (Fsp3) is 0.278. The van der Waals surface area contributed by atoms with Crippen molar-refractivity contribution in [2.45, 2.75) is 19.6 Å². The molecule has 0 saturated carbocycles. The van der Waals surface area contributed by atoms with E-state index in [-0.39, 0.29) is 18.9 Å². The van der Waals surface area contributed by atoms with Crippen molar-refractivity contribution in [3.63, 3.8) is 0 Å². The number of aliphatic hydroxyl groups excluding tert-OH is 1. The molecule has 2 aromatic carbocycles. The van der Waals surface area contributed by atoms with Crippen LogP contribution in [-0.2, 0) is 11.3 Å². The van der Waals surface area contributed by atoms with E-state index < -0.39 is 12.0 Å². The molecule has 0 aliphatic heterocycles. The number of aryl methyl sites for hydroxylation is 1. The maximum absolute atomic E-state index is 13.2. The van der Waals surface area contributed by atoms with E-state index in [1.165, 1.54) is 12.1 Å². The molecule has 5 heteroatoms. The standard InChI is InChI=1S/C18H21FN2O2/c1-13-9-15(19)7-8-16(13)17(22)11-21(12-18(20)23)10-14-5-3-2-4-6-14/h2-9,17,22H,10-12H2,1H3,(H2,20,23). The molecule has 0 fully saturated rings. The van der Waals surface area contributed by atoms with Crippen LogP contribution in [0.3, 0.4) is 0 Å². The Bertz CT molecular complexity index is 661. The summed E-state index contributed by atoms with van der Waals surface area (Å²) in [7, 11) is 0. The minimum absolute atomic E-state index is 0.0478. The molecule has 1 amide bonds. The van der Waals surface area contributed by atoms with Crippen LogP contribution in [0.2, 0.25) is 0 Å². The van der Waals surface area contributed by atoms with Gasteiger partial charge in [0.1, 0.15) is 5.82 Å². The van der Waals surface area contributed by atoms with Crippen LogP contribution in [0.1, 0.15) is 22.8 Å². The third kappa shape index (κ3) is 5.16. The number of carbonyl (C=O) groups is 1. The summed E-state index contributed by atoms with van der Waals surface area (Å²) in [5, 5.41) is 10.4. The Hall–Kier alpha value is -2.24. The average molecular weight is 316 g/mol. The summed E-state index contributed by atoms with van der Waals surface area (Å²) in [5.74, 6) is -0.791. The van der Waals surface area contributed by atoms with Crippen molar-refractivity contribution in [2.75, 3.05) is 13.1 Å². The molecule has 2 rings (SSSR count). The second-order valence-electron chi connectivity index (χ2n) is 5.64. The highest BCUT2D eigenvalue weighted by molar-refractivity contribution is 5.75. The first kappa shape index (κ1) is 17.1. The van der Waals surface area contributed by atoms with Crippen LogP contribution >= 0.6 is 0 Å². The van der Waals surface area contributed by atoms with Gasteiger partial charge in [-0.3, -0.25) is 9.69 Å².